The van der Waals surface area contributed by atoms with Crippen LogP contribution in [0.5, 0.6) is 0 Å². The van der Waals surface area contributed by atoms with Crippen molar-refractivity contribution in [3.05, 3.63) is 29.8 Å². The minimum atomic E-state index is -0.730. The Balaban J connectivity index is 1.63. The maximum absolute atomic E-state index is 13.0. The summed E-state index contributed by atoms with van der Waals surface area (Å²) in [5.74, 6) is 0.237. The average Bonchev–Trinajstić information content (AvgIpc) is 2.45. The van der Waals surface area contributed by atoms with Crippen LogP contribution in [0.15, 0.2) is 18.5 Å². The maximum atomic E-state index is 13.0. The summed E-state index contributed by atoms with van der Waals surface area (Å²) in [6.45, 7) is 1.24. The molecule has 1 aliphatic carbocycles. The van der Waals surface area contributed by atoms with Crippen molar-refractivity contribution in [2.24, 2.45) is 5.92 Å². The summed E-state index contributed by atoms with van der Waals surface area (Å²) in [5.41, 5.74) is 0.498. The van der Waals surface area contributed by atoms with Crippen molar-refractivity contribution in [3.8, 4) is 0 Å². The van der Waals surface area contributed by atoms with Crippen molar-refractivity contribution >= 4 is 0 Å². The Kier molecular flexibility index (Phi) is 5.88. The van der Waals surface area contributed by atoms with Gasteiger partial charge in [0.2, 0.25) is 0 Å². The summed E-state index contributed by atoms with van der Waals surface area (Å²) in [7, 11) is 0. The average molecular weight is 282 g/mol. The third-order valence-electron chi connectivity index (χ3n) is 3.99. The molecule has 1 heterocycles. The van der Waals surface area contributed by atoms with Gasteiger partial charge in [-0.05, 0) is 50.6 Å². The molecule has 0 aromatic carbocycles. The van der Waals surface area contributed by atoms with Crippen LogP contribution in [-0.4, -0.2) is 34.4 Å². The van der Waals surface area contributed by atoms with Crippen LogP contribution in [0, 0.1) is 11.7 Å². The normalized spacial score (nSPS) is 24.6. The standard InChI is InChI=1S/C15H23FN2O2/c16-13-7-12(8-18-9-13)15(20)10-17-6-5-11-1-3-14(19)4-2-11/h7-9,11,14-15,17,19-20H,1-6,10H2/t11?,14?,15-/m0/s1. The summed E-state index contributed by atoms with van der Waals surface area (Å²) in [6, 6.07) is 1.31. The number of hydrogen-bond acceptors (Lipinski definition) is 4. The highest BCUT2D eigenvalue weighted by molar-refractivity contribution is 5.13. The summed E-state index contributed by atoms with van der Waals surface area (Å²) < 4.78 is 13.0. The van der Waals surface area contributed by atoms with Gasteiger partial charge in [-0.2, -0.15) is 0 Å². The minimum absolute atomic E-state index is 0.110. The van der Waals surface area contributed by atoms with Crippen LogP contribution < -0.4 is 5.32 Å². The molecule has 0 aliphatic heterocycles. The van der Waals surface area contributed by atoms with Crippen molar-refractivity contribution in [1.29, 1.82) is 0 Å². The molecule has 0 saturated heterocycles. The van der Waals surface area contributed by atoms with E-state index in [0.717, 1.165) is 44.8 Å². The monoisotopic (exact) mass is 282 g/mol. The third kappa shape index (κ3) is 4.81. The van der Waals surface area contributed by atoms with E-state index >= 15 is 0 Å². The van der Waals surface area contributed by atoms with E-state index in [1.54, 1.807) is 0 Å². The molecule has 1 saturated carbocycles. The lowest BCUT2D eigenvalue weighted by Gasteiger charge is -2.25. The maximum Gasteiger partial charge on any atom is 0.141 e. The lowest BCUT2D eigenvalue weighted by molar-refractivity contribution is 0.106. The zero-order valence-electron chi connectivity index (χ0n) is 11.6. The van der Waals surface area contributed by atoms with Gasteiger partial charge in [0.1, 0.15) is 5.82 Å². The first-order chi connectivity index (χ1) is 9.65. The smallest absolute Gasteiger partial charge is 0.141 e. The van der Waals surface area contributed by atoms with Gasteiger partial charge < -0.3 is 15.5 Å². The molecule has 112 valence electrons. The summed E-state index contributed by atoms with van der Waals surface area (Å²) >= 11 is 0. The van der Waals surface area contributed by atoms with Gasteiger partial charge in [0, 0.05) is 18.3 Å². The van der Waals surface area contributed by atoms with Crippen LogP contribution in [0.3, 0.4) is 0 Å². The minimum Gasteiger partial charge on any atom is -0.393 e. The molecule has 1 aromatic rings. The lowest BCUT2D eigenvalue weighted by Crippen LogP contribution is -2.26. The largest absolute Gasteiger partial charge is 0.393 e. The number of hydrogen-bond donors (Lipinski definition) is 3. The first kappa shape index (κ1) is 15.4. The Morgan fingerprint density at radius 2 is 2.05 bits per heavy atom. The first-order valence-electron chi connectivity index (χ1n) is 7.32. The van der Waals surface area contributed by atoms with Crippen LogP contribution in [0.1, 0.15) is 43.8 Å². The van der Waals surface area contributed by atoms with E-state index in [4.69, 9.17) is 0 Å². The van der Waals surface area contributed by atoms with Crippen LogP contribution in [0.25, 0.3) is 0 Å². The molecule has 0 spiro atoms. The Labute approximate surface area is 119 Å². The predicted molar refractivity (Wildman–Crippen MR) is 74.6 cm³/mol. The van der Waals surface area contributed by atoms with Crippen LogP contribution in [-0.2, 0) is 0 Å². The highest BCUT2D eigenvalue weighted by Gasteiger charge is 2.18. The number of nitrogens with zero attached hydrogens (tertiary/aromatic N) is 1. The van der Waals surface area contributed by atoms with Gasteiger partial charge in [-0.15, -0.1) is 0 Å². The van der Waals surface area contributed by atoms with Crippen molar-refractivity contribution in [3.63, 3.8) is 0 Å². The fourth-order valence-corrected chi connectivity index (χ4v) is 2.71. The Bertz CT molecular complexity index is 409. The van der Waals surface area contributed by atoms with E-state index in [0.29, 0.717) is 18.0 Å². The topological polar surface area (TPSA) is 65.4 Å². The number of aliphatic hydroxyl groups is 2. The van der Waals surface area contributed by atoms with E-state index in [1.807, 2.05) is 0 Å². The zero-order valence-corrected chi connectivity index (χ0v) is 11.6. The van der Waals surface area contributed by atoms with E-state index in [2.05, 4.69) is 10.3 Å². The highest BCUT2D eigenvalue weighted by atomic mass is 19.1. The van der Waals surface area contributed by atoms with Crippen LogP contribution >= 0.6 is 0 Å². The molecule has 5 heteroatoms. The SMILES string of the molecule is OC1CCC(CCNC[C@H](O)c2cncc(F)c2)CC1. The fourth-order valence-electron chi connectivity index (χ4n) is 2.71. The fraction of sp³-hybridized carbons (Fsp3) is 0.667. The van der Waals surface area contributed by atoms with E-state index in [-0.39, 0.29) is 6.10 Å². The highest BCUT2D eigenvalue weighted by Crippen LogP contribution is 2.26. The number of aromatic nitrogens is 1. The number of nitrogens with one attached hydrogen (secondary N) is 1. The molecule has 3 N–H and O–H groups in total. The Hall–Kier alpha value is -1.04. The molecular weight excluding hydrogens is 259 g/mol. The van der Waals surface area contributed by atoms with Gasteiger partial charge in [-0.3, -0.25) is 4.98 Å². The van der Waals surface area contributed by atoms with Crippen LogP contribution in [0.2, 0.25) is 0 Å². The molecule has 4 nitrogen and oxygen atoms in total. The quantitative estimate of drug-likeness (QED) is 0.696. The summed E-state index contributed by atoms with van der Waals surface area (Å²) in [4.78, 5) is 3.73. The van der Waals surface area contributed by atoms with Crippen LogP contribution in [0.4, 0.5) is 4.39 Å². The van der Waals surface area contributed by atoms with E-state index in [9.17, 15) is 14.6 Å². The van der Waals surface area contributed by atoms with Crippen molar-refractivity contribution in [1.82, 2.24) is 10.3 Å². The van der Waals surface area contributed by atoms with Gasteiger partial charge in [0.25, 0.3) is 0 Å². The number of rotatable bonds is 6. The summed E-state index contributed by atoms with van der Waals surface area (Å²) in [6.07, 6.45) is 6.80. The second kappa shape index (κ2) is 7.67. The third-order valence-corrected chi connectivity index (χ3v) is 3.99. The molecule has 1 aromatic heterocycles. The van der Waals surface area contributed by atoms with Crippen molar-refractivity contribution < 1.29 is 14.6 Å². The molecular formula is C15H23FN2O2. The van der Waals surface area contributed by atoms with Crippen molar-refractivity contribution in [2.75, 3.05) is 13.1 Å². The molecule has 0 amide bonds. The predicted octanol–water partition coefficient (Wildman–Crippen LogP) is 1.78. The second-order valence-corrected chi connectivity index (χ2v) is 5.62. The van der Waals surface area contributed by atoms with Gasteiger partial charge in [-0.25, -0.2) is 4.39 Å². The summed E-state index contributed by atoms with van der Waals surface area (Å²) in [5, 5.41) is 22.5. The van der Waals surface area contributed by atoms with E-state index < -0.39 is 11.9 Å². The Morgan fingerprint density at radius 3 is 2.75 bits per heavy atom. The molecule has 1 aliphatic rings. The lowest BCUT2D eigenvalue weighted by atomic mass is 9.85. The molecule has 20 heavy (non-hydrogen) atoms. The molecule has 1 fully saturated rings. The number of aliphatic hydroxyl groups excluding tert-OH is 2. The van der Waals surface area contributed by atoms with Gasteiger partial charge in [-0.1, -0.05) is 0 Å². The molecule has 0 bridgehead atoms. The molecule has 2 rings (SSSR count). The van der Waals surface area contributed by atoms with E-state index in [1.165, 1.54) is 12.3 Å². The molecule has 0 unspecified atom stereocenters. The number of pyridine rings is 1. The molecule has 0 radical (unpaired) electrons. The Morgan fingerprint density at radius 1 is 1.30 bits per heavy atom. The van der Waals surface area contributed by atoms with Crippen molar-refractivity contribution in [2.45, 2.75) is 44.3 Å². The second-order valence-electron chi connectivity index (χ2n) is 5.62. The molecule has 1 atom stereocenters. The first-order valence-corrected chi connectivity index (χ1v) is 7.32. The number of halogens is 1. The zero-order chi connectivity index (χ0) is 14.4. The van der Waals surface area contributed by atoms with Gasteiger partial charge in [0.05, 0.1) is 18.4 Å². The van der Waals surface area contributed by atoms with Gasteiger partial charge >= 0.3 is 0 Å². The van der Waals surface area contributed by atoms with Gasteiger partial charge in [0.15, 0.2) is 0 Å².